The molecule has 7 heteroatoms. The summed E-state index contributed by atoms with van der Waals surface area (Å²) in [5.41, 5.74) is 0.738. The van der Waals surface area contributed by atoms with Gasteiger partial charge in [-0.25, -0.2) is 9.18 Å². The molecule has 0 saturated heterocycles. The molecule has 1 aromatic carbocycles. The van der Waals surface area contributed by atoms with Gasteiger partial charge in [0.05, 0.1) is 7.11 Å². The molecule has 0 aliphatic heterocycles. The summed E-state index contributed by atoms with van der Waals surface area (Å²) >= 11 is 1.18. The summed E-state index contributed by atoms with van der Waals surface area (Å²) in [6.45, 7) is 0. The van der Waals surface area contributed by atoms with E-state index in [9.17, 15) is 9.18 Å². The molecule has 0 bridgehead atoms. The van der Waals surface area contributed by atoms with Crippen molar-refractivity contribution < 1.29 is 13.9 Å². The molecule has 0 aliphatic rings. The first-order valence-corrected chi connectivity index (χ1v) is 5.45. The predicted octanol–water partition coefficient (Wildman–Crippen LogP) is 2.52. The summed E-state index contributed by atoms with van der Waals surface area (Å²) in [5.74, 6) is -0.314. The van der Waals surface area contributed by atoms with Crippen LogP contribution in [0.25, 0.3) is 10.6 Å². The molecule has 0 aliphatic carbocycles. The quantitative estimate of drug-likeness (QED) is 0.893. The highest BCUT2D eigenvalue weighted by atomic mass is 32.1. The lowest BCUT2D eigenvalue weighted by Crippen LogP contribution is -2.10. The topological polar surface area (TPSA) is 64.1 Å². The van der Waals surface area contributed by atoms with Gasteiger partial charge in [0.25, 0.3) is 0 Å². The zero-order chi connectivity index (χ0) is 12.3. The molecule has 1 N–H and O–H groups in total. The van der Waals surface area contributed by atoms with E-state index in [1.807, 2.05) is 0 Å². The van der Waals surface area contributed by atoms with Gasteiger partial charge in [-0.1, -0.05) is 11.3 Å². The van der Waals surface area contributed by atoms with Gasteiger partial charge < -0.3 is 4.74 Å². The van der Waals surface area contributed by atoms with Crippen LogP contribution in [-0.4, -0.2) is 23.4 Å². The molecule has 0 fully saturated rings. The number of aromatic nitrogens is 2. The Balaban J connectivity index is 2.18. The van der Waals surface area contributed by atoms with E-state index in [1.54, 1.807) is 12.1 Å². The van der Waals surface area contributed by atoms with E-state index in [0.717, 1.165) is 5.56 Å². The van der Waals surface area contributed by atoms with Crippen molar-refractivity contribution in [1.29, 1.82) is 0 Å². The second-order valence-electron chi connectivity index (χ2n) is 3.04. The fourth-order valence-electron chi connectivity index (χ4n) is 1.12. The Labute approximate surface area is 100 Å². The summed E-state index contributed by atoms with van der Waals surface area (Å²) in [6.07, 6.45) is -0.605. The maximum Gasteiger partial charge on any atom is 0.413 e. The molecule has 0 spiro atoms. The lowest BCUT2D eigenvalue weighted by Gasteiger charge is -1.96. The smallest absolute Gasteiger partial charge is 0.413 e. The van der Waals surface area contributed by atoms with Crippen molar-refractivity contribution in [3.8, 4) is 10.6 Å². The lowest BCUT2D eigenvalue weighted by atomic mass is 10.2. The molecule has 2 rings (SSSR count). The summed E-state index contributed by atoms with van der Waals surface area (Å²) in [4.78, 5) is 10.9. The number of benzene rings is 1. The van der Waals surface area contributed by atoms with Gasteiger partial charge >= 0.3 is 6.09 Å². The average Bonchev–Trinajstić information content (AvgIpc) is 2.78. The highest BCUT2D eigenvalue weighted by Crippen LogP contribution is 2.26. The van der Waals surface area contributed by atoms with Crippen LogP contribution in [0, 0.1) is 5.82 Å². The number of rotatable bonds is 2. The predicted molar refractivity (Wildman–Crippen MR) is 61.3 cm³/mol. The van der Waals surface area contributed by atoms with Crippen molar-refractivity contribution in [2.75, 3.05) is 12.4 Å². The second-order valence-corrected chi connectivity index (χ2v) is 4.01. The number of carbonyl (C=O) groups is 1. The van der Waals surface area contributed by atoms with Crippen LogP contribution >= 0.6 is 11.3 Å². The number of carbonyl (C=O) groups excluding carboxylic acids is 1. The van der Waals surface area contributed by atoms with Gasteiger partial charge in [-0.05, 0) is 24.3 Å². The van der Waals surface area contributed by atoms with Crippen molar-refractivity contribution >= 4 is 22.6 Å². The zero-order valence-corrected chi connectivity index (χ0v) is 9.62. The van der Waals surface area contributed by atoms with Crippen LogP contribution in [0.2, 0.25) is 0 Å². The number of nitrogens with zero attached hydrogens (tertiary/aromatic N) is 2. The molecule has 0 unspecified atom stereocenters. The molecular weight excluding hydrogens is 245 g/mol. The van der Waals surface area contributed by atoms with E-state index in [-0.39, 0.29) is 5.82 Å². The fraction of sp³-hybridized carbons (Fsp3) is 0.100. The fourth-order valence-corrected chi connectivity index (χ4v) is 1.86. The van der Waals surface area contributed by atoms with Gasteiger partial charge in [-0.2, -0.15) is 0 Å². The number of anilines is 1. The number of ether oxygens (including phenoxy) is 1. The summed E-state index contributed by atoms with van der Waals surface area (Å²) < 4.78 is 17.1. The highest BCUT2D eigenvalue weighted by molar-refractivity contribution is 7.18. The van der Waals surface area contributed by atoms with Crippen LogP contribution in [0.5, 0.6) is 0 Å². The number of hydrogen-bond acceptors (Lipinski definition) is 5. The van der Waals surface area contributed by atoms with Gasteiger partial charge in [0.2, 0.25) is 5.13 Å². The molecule has 2 aromatic rings. The first-order chi connectivity index (χ1) is 8.19. The monoisotopic (exact) mass is 253 g/mol. The Morgan fingerprint density at radius 3 is 2.71 bits per heavy atom. The van der Waals surface area contributed by atoms with Crippen LogP contribution in [0.1, 0.15) is 0 Å². The maximum atomic E-state index is 12.7. The Morgan fingerprint density at radius 2 is 2.06 bits per heavy atom. The van der Waals surface area contributed by atoms with Crippen LogP contribution in [0.4, 0.5) is 14.3 Å². The van der Waals surface area contributed by atoms with E-state index in [2.05, 4.69) is 20.3 Å². The Bertz CT molecular complexity index is 527. The minimum atomic E-state index is -0.605. The molecule has 0 atom stereocenters. The van der Waals surface area contributed by atoms with Crippen molar-refractivity contribution in [2.24, 2.45) is 0 Å². The minimum absolute atomic E-state index is 0.314. The van der Waals surface area contributed by atoms with Gasteiger partial charge in [-0.3, -0.25) is 5.32 Å². The van der Waals surface area contributed by atoms with Gasteiger partial charge in [0, 0.05) is 5.56 Å². The van der Waals surface area contributed by atoms with Crippen molar-refractivity contribution in [2.45, 2.75) is 0 Å². The average molecular weight is 253 g/mol. The van der Waals surface area contributed by atoms with Crippen molar-refractivity contribution in [1.82, 2.24) is 10.2 Å². The molecule has 1 heterocycles. The third-order valence-electron chi connectivity index (χ3n) is 1.91. The van der Waals surface area contributed by atoms with E-state index >= 15 is 0 Å². The Kier molecular flexibility index (Phi) is 3.29. The molecule has 88 valence electrons. The molecule has 17 heavy (non-hydrogen) atoms. The first kappa shape index (κ1) is 11.5. The molecule has 0 radical (unpaired) electrons. The highest BCUT2D eigenvalue weighted by Gasteiger charge is 2.09. The molecule has 0 saturated carbocycles. The summed E-state index contributed by atoms with van der Waals surface area (Å²) in [6, 6.07) is 5.86. The van der Waals surface area contributed by atoms with Crippen LogP contribution in [0.3, 0.4) is 0 Å². The van der Waals surface area contributed by atoms with E-state index < -0.39 is 6.09 Å². The van der Waals surface area contributed by atoms with Crippen LogP contribution in [0.15, 0.2) is 24.3 Å². The molecular formula is C10H8FN3O2S. The molecule has 1 aromatic heterocycles. The van der Waals surface area contributed by atoms with Crippen molar-refractivity contribution in [3.63, 3.8) is 0 Å². The molecule has 1 amide bonds. The Morgan fingerprint density at radius 1 is 1.35 bits per heavy atom. The standard InChI is InChI=1S/C10H8FN3O2S/c1-16-10(15)12-9-14-13-8(17-9)6-2-4-7(11)5-3-6/h2-5H,1H3,(H,12,14,15). The number of nitrogens with one attached hydrogen (secondary N) is 1. The third-order valence-corrected chi connectivity index (χ3v) is 2.80. The Hall–Kier alpha value is -2.02. The number of hydrogen-bond donors (Lipinski definition) is 1. The number of amides is 1. The van der Waals surface area contributed by atoms with E-state index in [1.165, 1.54) is 30.6 Å². The lowest BCUT2D eigenvalue weighted by molar-refractivity contribution is 0.187. The second kappa shape index (κ2) is 4.88. The normalized spacial score (nSPS) is 10.0. The minimum Gasteiger partial charge on any atom is -0.453 e. The van der Waals surface area contributed by atoms with Gasteiger partial charge in [0.1, 0.15) is 10.8 Å². The largest absolute Gasteiger partial charge is 0.453 e. The summed E-state index contributed by atoms with van der Waals surface area (Å²) in [5, 5.41) is 11.0. The SMILES string of the molecule is COC(=O)Nc1nnc(-c2ccc(F)cc2)s1. The van der Waals surface area contributed by atoms with E-state index in [0.29, 0.717) is 10.1 Å². The van der Waals surface area contributed by atoms with E-state index in [4.69, 9.17) is 0 Å². The van der Waals surface area contributed by atoms with Gasteiger partial charge in [0.15, 0.2) is 0 Å². The molecule has 5 nitrogen and oxygen atoms in total. The first-order valence-electron chi connectivity index (χ1n) is 4.63. The summed E-state index contributed by atoms with van der Waals surface area (Å²) in [7, 11) is 1.26. The maximum absolute atomic E-state index is 12.7. The third kappa shape index (κ3) is 2.76. The van der Waals surface area contributed by atoms with Crippen LogP contribution in [-0.2, 0) is 4.74 Å². The number of halogens is 1. The van der Waals surface area contributed by atoms with Gasteiger partial charge in [-0.15, -0.1) is 10.2 Å². The zero-order valence-electron chi connectivity index (χ0n) is 8.81. The van der Waals surface area contributed by atoms with Crippen molar-refractivity contribution in [3.05, 3.63) is 30.1 Å². The van der Waals surface area contributed by atoms with Crippen LogP contribution < -0.4 is 5.32 Å². The number of methoxy groups -OCH3 is 1.